The molecule has 1 aliphatic rings. The van der Waals surface area contributed by atoms with Crippen molar-refractivity contribution in [2.45, 2.75) is 19.4 Å². The van der Waals surface area contributed by atoms with Crippen molar-refractivity contribution in [1.82, 2.24) is 15.1 Å². The van der Waals surface area contributed by atoms with Gasteiger partial charge >= 0.3 is 0 Å². The highest BCUT2D eigenvalue weighted by molar-refractivity contribution is 5.97. The van der Waals surface area contributed by atoms with Crippen LogP contribution in [0.5, 0.6) is 5.75 Å². The number of benzene rings is 2. The molecule has 0 bridgehead atoms. The number of carbonyl (C=O) groups is 1. The highest BCUT2D eigenvalue weighted by Gasteiger charge is 2.26. The Morgan fingerprint density at radius 2 is 1.79 bits per heavy atom. The number of methoxy groups -OCH3 is 1. The molecule has 144 valence electrons. The van der Waals surface area contributed by atoms with Crippen LogP contribution in [0.2, 0.25) is 0 Å². The van der Waals surface area contributed by atoms with Gasteiger partial charge in [0.25, 0.3) is 0 Å². The molecule has 6 heteroatoms. The van der Waals surface area contributed by atoms with E-state index in [0.717, 1.165) is 42.8 Å². The van der Waals surface area contributed by atoms with Crippen molar-refractivity contribution in [3.05, 3.63) is 66.1 Å². The average molecular weight is 377 g/mol. The van der Waals surface area contributed by atoms with Crippen LogP contribution in [0.3, 0.4) is 0 Å². The highest BCUT2D eigenvalue weighted by atomic mass is 16.5. The zero-order chi connectivity index (χ0) is 19.3. The normalized spacial score (nSPS) is 15.5. The van der Waals surface area contributed by atoms with Gasteiger partial charge in [0, 0.05) is 17.0 Å². The molecule has 1 saturated heterocycles. The number of carbonyl (C=O) groups excluding carboxylic acids is 1. The monoisotopic (exact) mass is 377 g/mol. The minimum absolute atomic E-state index is 0.0937. The van der Waals surface area contributed by atoms with Crippen LogP contribution in [0.15, 0.2) is 59.0 Å². The van der Waals surface area contributed by atoms with Gasteiger partial charge in [0.1, 0.15) is 5.75 Å². The van der Waals surface area contributed by atoms with E-state index in [2.05, 4.69) is 15.1 Å². The second kappa shape index (κ2) is 8.35. The van der Waals surface area contributed by atoms with Crippen LogP contribution in [-0.2, 0) is 6.54 Å². The number of hydrogen-bond donors (Lipinski definition) is 0. The first kappa shape index (κ1) is 18.4. The van der Waals surface area contributed by atoms with Crippen LogP contribution >= 0.6 is 0 Å². The topological polar surface area (TPSA) is 68.5 Å². The van der Waals surface area contributed by atoms with Gasteiger partial charge in [0.15, 0.2) is 5.78 Å². The summed E-state index contributed by atoms with van der Waals surface area (Å²) in [6.07, 6.45) is 1.71. The predicted molar refractivity (Wildman–Crippen MR) is 105 cm³/mol. The van der Waals surface area contributed by atoms with E-state index >= 15 is 0 Å². The van der Waals surface area contributed by atoms with Crippen molar-refractivity contribution in [1.29, 1.82) is 0 Å². The fourth-order valence-corrected chi connectivity index (χ4v) is 3.55. The molecule has 0 saturated carbocycles. The molecule has 1 aromatic heterocycles. The van der Waals surface area contributed by atoms with Gasteiger partial charge in [0.05, 0.1) is 13.7 Å². The zero-order valence-electron chi connectivity index (χ0n) is 15.9. The molecule has 0 unspecified atom stereocenters. The predicted octanol–water partition coefficient (Wildman–Crippen LogP) is 3.84. The van der Waals surface area contributed by atoms with E-state index in [4.69, 9.17) is 9.15 Å². The number of nitrogens with zero attached hydrogens (tertiary/aromatic N) is 3. The summed E-state index contributed by atoms with van der Waals surface area (Å²) in [4.78, 5) is 14.9. The molecule has 0 aliphatic carbocycles. The van der Waals surface area contributed by atoms with Crippen LogP contribution in [0.1, 0.15) is 29.1 Å². The molecule has 1 aliphatic heterocycles. The van der Waals surface area contributed by atoms with Gasteiger partial charge in [-0.1, -0.05) is 30.3 Å². The summed E-state index contributed by atoms with van der Waals surface area (Å²) in [7, 11) is 1.64. The van der Waals surface area contributed by atoms with Gasteiger partial charge in [-0.15, -0.1) is 10.2 Å². The Morgan fingerprint density at radius 1 is 1.07 bits per heavy atom. The number of Topliss-reactive ketones (excluding diaryl/α,β-unsaturated/α-hetero) is 1. The van der Waals surface area contributed by atoms with E-state index in [9.17, 15) is 4.79 Å². The molecule has 6 nitrogen and oxygen atoms in total. The molecule has 2 heterocycles. The molecule has 0 radical (unpaired) electrons. The number of likely N-dealkylation sites (tertiary alicyclic amines) is 1. The Morgan fingerprint density at radius 3 is 2.46 bits per heavy atom. The Balaban J connectivity index is 1.32. The number of ketones is 1. The fourth-order valence-electron chi connectivity index (χ4n) is 3.55. The van der Waals surface area contributed by atoms with E-state index < -0.39 is 0 Å². The SMILES string of the molecule is COc1ccc(-c2nnc(CN3CCC(C(=O)c4ccccc4)CC3)o2)cc1. The minimum Gasteiger partial charge on any atom is -0.497 e. The van der Waals surface area contributed by atoms with Crippen molar-refractivity contribution in [2.75, 3.05) is 20.2 Å². The van der Waals surface area contributed by atoms with Crippen LogP contribution < -0.4 is 4.74 Å². The third kappa shape index (κ3) is 4.12. The van der Waals surface area contributed by atoms with Crippen LogP contribution in [0, 0.1) is 5.92 Å². The van der Waals surface area contributed by atoms with Crippen molar-refractivity contribution in [3.8, 4) is 17.2 Å². The van der Waals surface area contributed by atoms with E-state index in [0.29, 0.717) is 18.3 Å². The highest BCUT2D eigenvalue weighted by Crippen LogP contribution is 2.24. The van der Waals surface area contributed by atoms with E-state index in [1.165, 1.54) is 0 Å². The largest absolute Gasteiger partial charge is 0.497 e. The van der Waals surface area contributed by atoms with Gasteiger partial charge in [-0.2, -0.15) is 0 Å². The summed E-state index contributed by atoms with van der Waals surface area (Å²) in [5.41, 5.74) is 1.67. The van der Waals surface area contributed by atoms with E-state index in [1.54, 1.807) is 7.11 Å². The number of ether oxygens (including phenoxy) is 1. The van der Waals surface area contributed by atoms with E-state index in [1.807, 2.05) is 54.6 Å². The Hall–Kier alpha value is -2.99. The molecular weight excluding hydrogens is 354 g/mol. The number of aromatic nitrogens is 2. The molecule has 0 N–H and O–H groups in total. The lowest BCUT2D eigenvalue weighted by atomic mass is 9.89. The molecule has 1 fully saturated rings. The van der Waals surface area contributed by atoms with Gasteiger partial charge in [0.2, 0.25) is 11.8 Å². The van der Waals surface area contributed by atoms with Crippen molar-refractivity contribution in [2.24, 2.45) is 5.92 Å². The summed E-state index contributed by atoms with van der Waals surface area (Å²) in [6.45, 7) is 2.31. The molecule has 4 rings (SSSR count). The third-order valence-corrected chi connectivity index (χ3v) is 5.18. The number of hydrogen-bond acceptors (Lipinski definition) is 6. The third-order valence-electron chi connectivity index (χ3n) is 5.18. The van der Waals surface area contributed by atoms with Crippen molar-refractivity contribution >= 4 is 5.78 Å². The second-order valence-electron chi connectivity index (χ2n) is 7.01. The molecule has 28 heavy (non-hydrogen) atoms. The van der Waals surface area contributed by atoms with Gasteiger partial charge in [-0.05, 0) is 50.2 Å². The van der Waals surface area contributed by atoms with Crippen LogP contribution in [-0.4, -0.2) is 41.1 Å². The number of piperidine rings is 1. The smallest absolute Gasteiger partial charge is 0.247 e. The number of rotatable bonds is 6. The molecule has 2 aromatic carbocycles. The first-order valence-corrected chi connectivity index (χ1v) is 9.51. The Kier molecular flexibility index (Phi) is 5.48. The van der Waals surface area contributed by atoms with Crippen LogP contribution in [0.25, 0.3) is 11.5 Å². The summed E-state index contributed by atoms with van der Waals surface area (Å²) in [6, 6.07) is 17.1. The fraction of sp³-hybridized carbons (Fsp3) is 0.318. The first-order chi connectivity index (χ1) is 13.7. The summed E-state index contributed by atoms with van der Waals surface area (Å²) in [5.74, 6) is 2.23. The summed E-state index contributed by atoms with van der Waals surface area (Å²) in [5, 5.41) is 8.33. The lowest BCUT2D eigenvalue weighted by Crippen LogP contribution is -2.36. The molecule has 3 aromatic rings. The maximum Gasteiger partial charge on any atom is 0.247 e. The molecule has 0 amide bonds. The maximum absolute atomic E-state index is 12.6. The van der Waals surface area contributed by atoms with Gasteiger partial charge in [-0.25, -0.2) is 0 Å². The lowest BCUT2D eigenvalue weighted by Gasteiger charge is -2.30. The molecule has 0 atom stereocenters. The Bertz CT molecular complexity index is 914. The molecular formula is C22H23N3O3. The van der Waals surface area contributed by atoms with Crippen molar-refractivity contribution < 1.29 is 13.9 Å². The van der Waals surface area contributed by atoms with Gasteiger partial charge in [-0.3, -0.25) is 9.69 Å². The van der Waals surface area contributed by atoms with E-state index in [-0.39, 0.29) is 11.7 Å². The molecule has 0 spiro atoms. The average Bonchev–Trinajstić information content (AvgIpc) is 3.23. The van der Waals surface area contributed by atoms with Crippen molar-refractivity contribution in [3.63, 3.8) is 0 Å². The Labute approximate surface area is 164 Å². The quantitative estimate of drug-likeness (QED) is 0.608. The standard InChI is InChI=1S/C22H23N3O3/c1-27-19-9-7-18(8-10-19)22-24-23-20(28-22)15-25-13-11-17(12-14-25)21(26)16-5-3-2-4-6-16/h2-10,17H,11-15H2,1H3. The van der Waals surface area contributed by atoms with Crippen LogP contribution in [0.4, 0.5) is 0 Å². The minimum atomic E-state index is 0.0937. The summed E-state index contributed by atoms with van der Waals surface area (Å²) >= 11 is 0. The first-order valence-electron chi connectivity index (χ1n) is 9.51. The zero-order valence-corrected chi connectivity index (χ0v) is 15.9. The second-order valence-corrected chi connectivity index (χ2v) is 7.01. The van der Waals surface area contributed by atoms with Gasteiger partial charge < -0.3 is 9.15 Å². The lowest BCUT2D eigenvalue weighted by molar-refractivity contribution is 0.0828. The summed E-state index contributed by atoms with van der Waals surface area (Å²) < 4.78 is 11.0. The maximum atomic E-state index is 12.6.